The molecule has 0 atom stereocenters. The Labute approximate surface area is 188 Å². The minimum absolute atomic E-state index is 0.0319. The van der Waals surface area contributed by atoms with Gasteiger partial charge in [0.25, 0.3) is 0 Å². The summed E-state index contributed by atoms with van der Waals surface area (Å²) in [4.78, 5) is 32.1. The molecule has 0 fully saturated rings. The van der Waals surface area contributed by atoms with E-state index in [1.807, 2.05) is 24.3 Å². The molecule has 0 bridgehead atoms. The van der Waals surface area contributed by atoms with Crippen LogP contribution in [0.25, 0.3) is 6.08 Å². The number of allylic oxidation sites excluding steroid dienone is 1. The lowest BCUT2D eigenvalue weighted by Crippen LogP contribution is -2.10. The Hall–Kier alpha value is -3.81. The van der Waals surface area contributed by atoms with Crippen LogP contribution in [0.3, 0.4) is 0 Å². The zero-order valence-corrected chi connectivity index (χ0v) is 17.7. The van der Waals surface area contributed by atoms with Gasteiger partial charge in [-0.25, -0.2) is 0 Å². The van der Waals surface area contributed by atoms with Crippen molar-refractivity contribution in [2.75, 3.05) is 5.32 Å². The third-order valence-corrected chi connectivity index (χ3v) is 5.38. The van der Waals surface area contributed by atoms with Gasteiger partial charge in [0, 0.05) is 42.9 Å². The molecule has 1 aliphatic rings. The molecule has 1 aromatic carbocycles. The molecule has 0 saturated heterocycles. The van der Waals surface area contributed by atoms with Crippen LogP contribution in [-0.4, -0.2) is 21.5 Å². The molecule has 0 spiro atoms. The lowest BCUT2D eigenvalue weighted by molar-refractivity contribution is -0.137. The SMILES string of the molecule is CC(=O)C1=Cc2cc(NCc3cccc(CC(=O)c4cncc(C(F)(F)F)c4)c3)cnc2C1. The average molecular weight is 451 g/mol. The molecule has 4 rings (SSSR count). The number of aromatic nitrogens is 2. The minimum Gasteiger partial charge on any atom is -0.380 e. The molecular weight excluding hydrogens is 431 g/mol. The molecule has 8 heteroatoms. The number of nitrogens with zero attached hydrogens (tertiary/aromatic N) is 2. The van der Waals surface area contributed by atoms with Crippen LogP contribution in [0, 0.1) is 0 Å². The Morgan fingerprint density at radius 1 is 1.06 bits per heavy atom. The fourth-order valence-electron chi connectivity index (χ4n) is 3.61. The molecule has 0 unspecified atom stereocenters. The van der Waals surface area contributed by atoms with E-state index in [4.69, 9.17) is 0 Å². The molecule has 3 aromatic rings. The van der Waals surface area contributed by atoms with Crippen LogP contribution >= 0.6 is 0 Å². The normalized spacial score (nSPS) is 12.8. The number of hydrogen-bond acceptors (Lipinski definition) is 5. The highest BCUT2D eigenvalue weighted by molar-refractivity contribution is 6.00. The standard InChI is InChI=1S/C25H20F3N3O2/c1-15(32)18-7-19-9-22(14-31-23(19)10-18)30-11-17-4-2-3-16(5-17)6-24(33)20-8-21(13-29-12-20)25(26,27)28/h2-5,7-9,12-14,30H,6,10-11H2,1H3. The molecule has 2 aromatic heterocycles. The first kappa shape index (κ1) is 22.4. The van der Waals surface area contributed by atoms with Crippen molar-refractivity contribution in [1.29, 1.82) is 0 Å². The number of carbonyl (C=O) groups excluding carboxylic acids is 2. The van der Waals surface area contributed by atoms with Crippen molar-refractivity contribution in [1.82, 2.24) is 9.97 Å². The van der Waals surface area contributed by atoms with Crippen LogP contribution in [0.5, 0.6) is 0 Å². The number of anilines is 1. The van der Waals surface area contributed by atoms with Gasteiger partial charge in [-0.1, -0.05) is 24.3 Å². The number of halogens is 3. The molecule has 0 amide bonds. The zero-order chi connectivity index (χ0) is 23.6. The first-order valence-corrected chi connectivity index (χ1v) is 10.3. The largest absolute Gasteiger partial charge is 0.417 e. The Kier molecular flexibility index (Phi) is 6.09. The van der Waals surface area contributed by atoms with E-state index in [0.29, 0.717) is 24.7 Å². The number of carbonyl (C=O) groups is 2. The molecule has 5 nitrogen and oxygen atoms in total. The number of fused-ring (bicyclic) bond motifs is 1. The molecule has 2 heterocycles. The molecule has 1 aliphatic carbocycles. The number of benzene rings is 1. The van der Waals surface area contributed by atoms with Crippen molar-refractivity contribution < 1.29 is 22.8 Å². The number of hydrogen-bond donors (Lipinski definition) is 1. The Morgan fingerprint density at radius 2 is 1.85 bits per heavy atom. The van der Waals surface area contributed by atoms with Gasteiger partial charge in [-0.15, -0.1) is 0 Å². The summed E-state index contributed by atoms with van der Waals surface area (Å²) in [6, 6.07) is 10.0. The Bertz CT molecular complexity index is 1270. The maximum absolute atomic E-state index is 12.9. The summed E-state index contributed by atoms with van der Waals surface area (Å²) in [7, 11) is 0. The second-order valence-electron chi connectivity index (χ2n) is 7.90. The van der Waals surface area contributed by atoms with Gasteiger partial charge >= 0.3 is 6.18 Å². The summed E-state index contributed by atoms with van der Waals surface area (Å²) < 4.78 is 38.6. The van der Waals surface area contributed by atoms with Crippen LogP contribution in [0.15, 0.2) is 60.6 Å². The van der Waals surface area contributed by atoms with E-state index in [1.54, 1.807) is 18.3 Å². The summed E-state index contributed by atoms with van der Waals surface area (Å²) >= 11 is 0. The monoisotopic (exact) mass is 451 g/mol. The lowest BCUT2D eigenvalue weighted by atomic mass is 10.0. The first-order chi connectivity index (χ1) is 15.7. The highest BCUT2D eigenvalue weighted by atomic mass is 19.4. The molecule has 0 aliphatic heterocycles. The quantitative estimate of drug-likeness (QED) is 0.509. The van der Waals surface area contributed by atoms with Crippen molar-refractivity contribution in [2.24, 2.45) is 0 Å². The third-order valence-electron chi connectivity index (χ3n) is 5.38. The Morgan fingerprint density at radius 3 is 2.61 bits per heavy atom. The summed E-state index contributed by atoms with van der Waals surface area (Å²) in [5.74, 6) is -0.399. The average Bonchev–Trinajstić information content (AvgIpc) is 3.21. The maximum Gasteiger partial charge on any atom is 0.417 e. The first-order valence-electron chi connectivity index (χ1n) is 10.3. The van der Waals surface area contributed by atoms with Crippen molar-refractivity contribution in [2.45, 2.75) is 32.5 Å². The van der Waals surface area contributed by atoms with Crippen LogP contribution in [-0.2, 0) is 30.4 Å². The predicted octanol–water partition coefficient (Wildman–Crippen LogP) is 5.06. The van der Waals surface area contributed by atoms with Gasteiger partial charge in [-0.05, 0) is 41.8 Å². The van der Waals surface area contributed by atoms with Gasteiger partial charge in [-0.2, -0.15) is 13.2 Å². The van der Waals surface area contributed by atoms with Crippen molar-refractivity contribution in [3.8, 4) is 0 Å². The molecule has 33 heavy (non-hydrogen) atoms. The highest BCUT2D eigenvalue weighted by Gasteiger charge is 2.31. The van der Waals surface area contributed by atoms with E-state index in [-0.39, 0.29) is 17.8 Å². The van der Waals surface area contributed by atoms with Crippen LogP contribution < -0.4 is 5.32 Å². The molecule has 1 N–H and O–H groups in total. The van der Waals surface area contributed by atoms with Crippen LogP contribution in [0.2, 0.25) is 0 Å². The van der Waals surface area contributed by atoms with E-state index in [2.05, 4.69) is 15.3 Å². The van der Waals surface area contributed by atoms with Gasteiger partial charge in [-0.3, -0.25) is 19.6 Å². The fraction of sp³-hybridized carbons (Fsp3) is 0.200. The second kappa shape index (κ2) is 8.97. The van der Waals surface area contributed by atoms with Crippen LogP contribution in [0.4, 0.5) is 18.9 Å². The highest BCUT2D eigenvalue weighted by Crippen LogP contribution is 2.29. The topological polar surface area (TPSA) is 72.0 Å². The minimum atomic E-state index is -4.55. The predicted molar refractivity (Wildman–Crippen MR) is 118 cm³/mol. The number of nitrogens with one attached hydrogen (secondary N) is 1. The van der Waals surface area contributed by atoms with E-state index >= 15 is 0 Å². The maximum atomic E-state index is 12.9. The second-order valence-corrected chi connectivity index (χ2v) is 7.90. The van der Waals surface area contributed by atoms with Gasteiger partial charge < -0.3 is 5.32 Å². The molecule has 0 saturated carbocycles. The number of rotatable bonds is 7. The van der Waals surface area contributed by atoms with Gasteiger partial charge in [0.15, 0.2) is 11.6 Å². The summed E-state index contributed by atoms with van der Waals surface area (Å²) in [6.45, 7) is 2.01. The van der Waals surface area contributed by atoms with E-state index in [9.17, 15) is 22.8 Å². The summed E-state index contributed by atoms with van der Waals surface area (Å²) in [5.41, 5.74) is 3.90. The van der Waals surface area contributed by atoms with E-state index in [0.717, 1.165) is 40.3 Å². The number of Topliss-reactive ketones (excluding diaryl/α,β-unsaturated/α-hetero) is 2. The molecule has 168 valence electrons. The number of ketones is 2. The number of pyridine rings is 2. The Balaban J connectivity index is 1.42. The zero-order valence-electron chi connectivity index (χ0n) is 17.7. The lowest BCUT2D eigenvalue weighted by Gasteiger charge is -2.10. The molecular formula is C25H20F3N3O2. The smallest absolute Gasteiger partial charge is 0.380 e. The van der Waals surface area contributed by atoms with Gasteiger partial charge in [0.1, 0.15) is 0 Å². The van der Waals surface area contributed by atoms with Crippen LogP contribution in [0.1, 0.15) is 45.2 Å². The molecule has 0 radical (unpaired) electrons. The fourth-order valence-corrected chi connectivity index (χ4v) is 3.61. The summed E-state index contributed by atoms with van der Waals surface area (Å²) in [5, 5.41) is 3.27. The van der Waals surface area contributed by atoms with E-state index in [1.165, 1.54) is 6.92 Å². The van der Waals surface area contributed by atoms with E-state index < -0.39 is 17.5 Å². The number of alkyl halides is 3. The van der Waals surface area contributed by atoms with Crippen molar-refractivity contribution >= 4 is 23.3 Å². The van der Waals surface area contributed by atoms with Gasteiger partial charge in [0.2, 0.25) is 0 Å². The van der Waals surface area contributed by atoms with Crippen molar-refractivity contribution in [3.05, 3.63) is 94.1 Å². The van der Waals surface area contributed by atoms with Gasteiger partial charge in [0.05, 0.1) is 23.1 Å². The third kappa shape index (κ3) is 5.34. The summed E-state index contributed by atoms with van der Waals surface area (Å²) in [6.07, 6.45) is 1.38. The van der Waals surface area contributed by atoms with Crippen molar-refractivity contribution in [3.63, 3.8) is 0 Å².